The van der Waals surface area contributed by atoms with E-state index in [9.17, 15) is 9.59 Å². The summed E-state index contributed by atoms with van der Waals surface area (Å²) in [5, 5.41) is 6.37. The van der Waals surface area contributed by atoms with Crippen molar-refractivity contribution in [3.8, 4) is 0 Å². The second-order valence-corrected chi connectivity index (χ2v) is 6.90. The first kappa shape index (κ1) is 19.2. The smallest absolute Gasteiger partial charge is 0.321 e. The molecule has 2 N–H and O–H groups in total. The van der Waals surface area contributed by atoms with E-state index in [2.05, 4.69) is 15.5 Å². The zero-order valence-corrected chi connectivity index (χ0v) is 15.8. The van der Waals surface area contributed by atoms with Crippen LogP contribution >= 0.6 is 11.6 Å². The van der Waals surface area contributed by atoms with Crippen molar-refractivity contribution in [1.82, 2.24) is 15.1 Å². The van der Waals surface area contributed by atoms with E-state index in [1.54, 1.807) is 29.2 Å². The summed E-state index contributed by atoms with van der Waals surface area (Å²) < 4.78 is 0. The van der Waals surface area contributed by atoms with Crippen molar-refractivity contribution in [3.63, 3.8) is 0 Å². The highest BCUT2D eigenvalue weighted by Gasteiger charge is 2.22. The standard InChI is InChI=1S/C20H23ClN4O2/c21-17-7-4-8-18(13-17)23-20(27)25-11-9-24(10-12-25)15-19(26)22-14-16-5-2-1-3-6-16/h1-8,13H,9-12,14-15H2,(H,22,26)(H,23,27). The molecule has 3 rings (SSSR count). The Kier molecular flexibility index (Phi) is 6.68. The highest BCUT2D eigenvalue weighted by Crippen LogP contribution is 2.15. The Morgan fingerprint density at radius 1 is 0.963 bits per heavy atom. The van der Waals surface area contributed by atoms with E-state index in [4.69, 9.17) is 11.6 Å². The molecule has 0 aliphatic carbocycles. The number of nitrogens with zero attached hydrogens (tertiary/aromatic N) is 2. The van der Waals surface area contributed by atoms with E-state index in [0.29, 0.717) is 50.0 Å². The van der Waals surface area contributed by atoms with Crippen LogP contribution in [0.4, 0.5) is 10.5 Å². The molecule has 142 valence electrons. The van der Waals surface area contributed by atoms with E-state index < -0.39 is 0 Å². The fraction of sp³-hybridized carbons (Fsp3) is 0.300. The van der Waals surface area contributed by atoms with Gasteiger partial charge in [0.2, 0.25) is 5.91 Å². The molecular weight excluding hydrogens is 364 g/mol. The molecule has 1 heterocycles. The Morgan fingerprint density at radius 2 is 1.70 bits per heavy atom. The Hall–Kier alpha value is -2.57. The molecule has 6 nitrogen and oxygen atoms in total. The predicted molar refractivity (Wildman–Crippen MR) is 107 cm³/mol. The van der Waals surface area contributed by atoms with Gasteiger partial charge in [-0.25, -0.2) is 4.79 Å². The van der Waals surface area contributed by atoms with E-state index in [0.717, 1.165) is 5.56 Å². The molecule has 2 aromatic rings. The second kappa shape index (κ2) is 9.39. The lowest BCUT2D eigenvalue weighted by molar-refractivity contribution is -0.122. The number of hydrogen-bond donors (Lipinski definition) is 2. The Labute approximate surface area is 164 Å². The Morgan fingerprint density at radius 3 is 2.41 bits per heavy atom. The summed E-state index contributed by atoms with van der Waals surface area (Å²) in [7, 11) is 0. The highest BCUT2D eigenvalue weighted by molar-refractivity contribution is 6.30. The molecule has 0 radical (unpaired) electrons. The number of amides is 3. The second-order valence-electron chi connectivity index (χ2n) is 6.47. The first-order valence-corrected chi connectivity index (χ1v) is 9.32. The summed E-state index contributed by atoms with van der Waals surface area (Å²) in [6.07, 6.45) is 0. The van der Waals surface area contributed by atoms with E-state index >= 15 is 0 Å². The maximum atomic E-state index is 12.3. The molecule has 0 unspecified atom stereocenters. The SMILES string of the molecule is O=C(CN1CCN(C(=O)Nc2cccc(Cl)c2)CC1)NCc1ccccc1. The molecule has 0 saturated carbocycles. The van der Waals surface area contributed by atoms with Crippen LogP contribution in [-0.4, -0.2) is 54.5 Å². The fourth-order valence-corrected chi connectivity index (χ4v) is 3.12. The summed E-state index contributed by atoms with van der Waals surface area (Å²) in [4.78, 5) is 28.3. The minimum atomic E-state index is -0.148. The maximum Gasteiger partial charge on any atom is 0.321 e. The van der Waals surface area contributed by atoms with Gasteiger partial charge in [-0.1, -0.05) is 48.0 Å². The number of benzene rings is 2. The fourth-order valence-electron chi connectivity index (χ4n) is 2.93. The van der Waals surface area contributed by atoms with Crippen LogP contribution in [0, 0.1) is 0 Å². The third-order valence-corrected chi connectivity index (χ3v) is 4.67. The molecule has 27 heavy (non-hydrogen) atoms. The molecule has 0 spiro atoms. The molecule has 0 bridgehead atoms. The number of hydrogen-bond acceptors (Lipinski definition) is 3. The minimum Gasteiger partial charge on any atom is -0.351 e. The lowest BCUT2D eigenvalue weighted by atomic mass is 10.2. The number of carbonyl (C=O) groups excluding carboxylic acids is 2. The van der Waals surface area contributed by atoms with Crippen LogP contribution in [0.25, 0.3) is 0 Å². The number of nitrogens with one attached hydrogen (secondary N) is 2. The number of carbonyl (C=O) groups is 2. The van der Waals surface area contributed by atoms with E-state index in [1.165, 1.54) is 0 Å². The van der Waals surface area contributed by atoms with Gasteiger partial charge in [0, 0.05) is 43.4 Å². The Balaban J connectivity index is 1.39. The van der Waals surface area contributed by atoms with Crippen LogP contribution in [0.3, 0.4) is 0 Å². The summed E-state index contributed by atoms with van der Waals surface area (Å²) in [5.74, 6) is -0.00400. The monoisotopic (exact) mass is 386 g/mol. The first-order valence-electron chi connectivity index (χ1n) is 8.94. The number of urea groups is 1. The van der Waals surface area contributed by atoms with Crippen molar-refractivity contribution in [3.05, 3.63) is 65.2 Å². The average Bonchev–Trinajstić information content (AvgIpc) is 2.68. The zero-order chi connectivity index (χ0) is 19.1. The molecule has 2 aromatic carbocycles. The minimum absolute atomic E-state index is 0.00400. The van der Waals surface area contributed by atoms with Crippen LogP contribution in [-0.2, 0) is 11.3 Å². The lowest BCUT2D eigenvalue weighted by Gasteiger charge is -2.34. The van der Waals surface area contributed by atoms with Crippen molar-refractivity contribution >= 4 is 29.2 Å². The van der Waals surface area contributed by atoms with Crippen molar-refractivity contribution in [1.29, 1.82) is 0 Å². The van der Waals surface area contributed by atoms with Crippen molar-refractivity contribution in [2.75, 3.05) is 38.0 Å². The van der Waals surface area contributed by atoms with Gasteiger partial charge in [-0.2, -0.15) is 0 Å². The number of rotatable bonds is 5. The maximum absolute atomic E-state index is 12.3. The predicted octanol–water partition coefficient (Wildman–Crippen LogP) is 2.81. The largest absolute Gasteiger partial charge is 0.351 e. The Bertz CT molecular complexity index is 777. The highest BCUT2D eigenvalue weighted by atomic mass is 35.5. The van der Waals surface area contributed by atoms with Gasteiger partial charge in [0.15, 0.2) is 0 Å². The average molecular weight is 387 g/mol. The normalized spacial score (nSPS) is 14.6. The molecule has 1 aliphatic rings. The summed E-state index contributed by atoms with van der Waals surface area (Å²) >= 11 is 5.94. The van der Waals surface area contributed by atoms with Gasteiger partial charge in [-0.3, -0.25) is 9.69 Å². The molecule has 0 atom stereocenters. The molecule has 3 amide bonds. The van der Waals surface area contributed by atoms with Crippen LogP contribution in [0.5, 0.6) is 0 Å². The van der Waals surface area contributed by atoms with Gasteiger partial charge in [0.1, 0.15) is 0 Å². The number of piperazine rings is 1. The van der Waals surface area contributed by atoms with Crippen molar-refractivity contribution < 1.29 is 9.59 Å². The molecule has 1 saturated heterocycles. The molecular formula is C20H23ClN4O2. The third kappa shape index (κ3) is 5.98. The van der Waals surface area contributed by atoms with Crippen LogP contribution in [0.1, 0.15) is 5.56 Å². The van der Waals surface area contributed by atoms with Gasteiger partial charge < -0.3 is 15.5 Å². The number of anilines is 1. The summed E-state index contributed by atoms with van der Waals surface area (Å²) in [6, 6.07) is 16.8. The first-order chi connectivity index (χ1) is 13.1. The van der Waals surface area contributed by atoms with Crippen LogP contribution < -0.4 is 10.6 Å². The molecule has 0 aromatic heterocycles. The van der Waals surface area contributed by atoms with Gasteiger partial charge in [0.25, 0.3) is 0 Å². The summed E-state index contributed by atoms with van der Waals surface area (Å²) in [6.45, 7) is 3.37. The van der Waals surface area contributed by atoms with Crippen molar-refractivity contribution in [2.45, 2.75) is 6.54 Å². The quantitative estimate of drug-likeness (QED) is 0.830. The number of halogens is 1. The van der Waals surface area contributed by atoms with Gasteiger partial charge in [0.05, 0.1) is 6.54 Å². The third-order valence-electron chi connectivity index (χ3n) is 4.44. The van der Waals surface area contributed by atoms with Gasteiger partial charge >= 0.3 is 6.03 Å². The van der Waals surface area contributed by atoms with Crippen molar-refractivity contribution in [2.24, 2.45) is 0 Å². The van der Waals surface area contributed by atoms with Gasteiger partial charge in [-0.05, 0) is 23.8 Å². The molecule has 1 fully saturated rings. The van der Waals surface area contributed by atoms with Crippen LogP contribution in [0.2, 0.25) is 5.02 Å². The van der Waals surface area contributed by atoms with Gasteiger partial charge in [-0.15, -0.1) is 0 Å². The molecule has 7 heteroatoms. The zero-order valence-electron chi connectivity index (χ0n) is 15.0. The molecule has 1 aliphatic heterocycles. The van der Waals surface area contributed by atoms with E-state index in [-0.39, 0.29) is 11.9 Å². The van der Waals surface area contributed by atoms with E-state index in [1.807, 2.05) is 30.3 Å². The lowest BCUT2D eigenvalue weighted by Crippen LogP contribution is -2.52. The topological polar surface area (TPSA) is 64.7 Å². The van der Waals surface area contributed by atoms with Crippen LogP contribution in [0.15, 0.2) is 54.6 Å². The summed E-state index contributed by atoms with van der Waals surface area (Å²) in [5.41, 5.74) is 1.75.